The van der Waals surface area contributed by atoms with E-state index in [1.54, 1.807) is 22.8 Å². The molecule has 3 aromatic carbocycles. The van der Waals surface area contributed by atoms with E-state index in [2.05, 4.69) is 10.2 Å². The van der Waals surface area contributed by atoms with E-state index < -0.39 is 23.2 Å². The van der Waals surface area contributed by atoms with Crippen LogP contribution >= 0.6 is 0 Å². The molecule has 2 unspecified atom stereocenters. The van der Waals surface area contributed by atoms with Crippen LogP contribution < -0.4 is 15.8 Å². The fraction of sp³-hybridized carbons (Fsp3) is 0.382. The van der Waals surface area contributed by atoms with E-state index in [0.29, 0.717) is 29.9 Å². The Balaban J connectivity index is 1.35. The number of hydrogen-bond donors (Lipinski definition) is 2. The highest BCUT2D eigenvalue weighted by Crippen LogP contribution is 2.28. The minimum absolute atomic E-state index is 0.123. The van der Waals surface area contributed by atoms with Crippen LogP contribution in [0.3, 0.4) is 0 Å². The topological polar surface area (TPSA) is 114 Å². The number of aliphatic carboxylic acids is 1. The summed E-state index contributed by atoms with van der Waals surface area (Å²) >= 11 is 0. The molecule has 0 aliphatic carbocycles. The number of ether oxygens (including phenoxy) is 1. The molecule has 1 aliphatic heterocycles. The molecule has 226 valence electrons. The first-order valence-corrected chi connectivity index (χ1v) is 14.7. The molecule has 1 saturated heterocycles. The van der Waals surface area contributed by atoms with Crippen LogP contribution in [0, 0.1) is 5.41 Å². The average molecular weight is 586 g/mol. The van der Waals surface area contributed by atoms with Gasteiger partial charge >= 0.3 is 11.7 Å². The number of carboxylic acid groups (broad SMARTS) is 1. The minimum Gasteiger partial charge on any atom is -0.478 e. The molecule has 1 aromatic heterocycles. The highest BCUT2D eigenvalue weighted by Gasteiger charge is 2.33. The van der Waals surface area contributed by atoms with Gasteiger partial charge in [-0.05, 0) is 66.9 Å². The van der Waals surface area contributed by atoms with Crippen LogP contribution in [0.2, 0.25) is 0 Å². The molecule has 1 fully saturated rings. The normalized spacial score (nSPS) is 15.3. The van der Waals surface area contributed by atoms with Crippen molar-refractivity contribution in [2.45, 2.75) is 58.7 Å². The molecule has 4 aromatic rings. The second-order valence-corrected chi connectivity index (χ2v) is 12.3. The van der Waals surface area contributed by atoms with E-state index in [-0.39, 0.29) is 18.4 Å². The molecule has 2 atom stereocenters. The summed E-state index contributed by atoms with van der Waals surface area (Å²) in [6, 6.07) is 22.1. The first-order valence-electron chi connectivity index (χ1n) is 14.7. The first kappa shape index (κ1) is 30.1. The highest BCUT2D eigenvalue weighted by atomic mass is 16.5. The number of rotatable bonds is 11. The summed E-state index contributed by atoms with van der Waals surface area (Å²) in [5, 5.41) is 12.9. The second-order valence-electron chi connectivity index (χ2n) is 12.3. The zero-order valence-corrected chi connectivity index (χ0v) is 24.9. The zero-order chi connectivity index (χ0) is 30.6. The number of nitrogens with zero attached hydrogens (tertiary/aromatic N) is 2. The number of likely N-dealkylation sites (tertiary alicyclic amines) is 1. The predicted molar refractivity (Wildman–Crippen MR) is 164 cm³/mol. The van der Waals surface area contributed by atoms with Gasteiger partial charge in [0.15, 0.2) is 11.7 Å². The van der Waals surface area contributed by atoms with Gasteiger partial charge in [0, 0.05) is 12.0 Å². The molecule has 0 saturated carbocycles. The maximum atomic E-state index is 13.4. The summed E-state index contributed by atoms with van der Waals surface area (Å²) < 4.78 is 13.0. The minimum atomic E-state index is -1.02. The van der Waals surface area contributed by atoms with Gasteiger partial charge in [-0.25, -0.2) is 9.59 Å². The van der Waals surface area contributed by atoms with Crippen molar-refractivity contribution in [3.05, 3.63) is 100 Å². The fourth-order valence-electron chi connectivity index (χ4n) is 5.56. The number of hydrogen-bond acceptors (Lipinski definition) is 6. The van der Waals surface area contributed by atoms with Crippen LogP contribution in [0.15, 0.2) is 82.0 Å². The Morgan fingerprint density at radius 2 is 1.72 bits per heavy atom. The van der Waals surface area contributed by atoms with Crippen molar-refractivity contribution in [3.8, 4) is 5.75 Å². The van der Waals surface area contributed by atoms with Crippen molar-refractivity contribution in [1.29, 1.82) is 0 Å². The number of amides is 1. The maximum Gasteiger partial charge on any atom is 0.420 e. The van der Waals surface area contributed by atoms with Crippen molar-refractivity contribution < 1.29 is 23.8 Å². The predicted octanol–water partition coefficient (Wildman–Crippen LogP) is 5.02. The van der Waals surface area contributed by atoms with Crippen molar-refractivity contribution in [3.63, 3.8) is 0 Å². The van der Waals surface area contributed by atoms with Crippen LogP contribution in [0.25, 0.3) is 11.1 Å². The van der Waals surface area contributed by atoms with E-state index in [0.717, 1.165) is 42.6 Å². The number of nitrogens with one attached hydrogen (secondary N) is 1. The summed E-state index contributed by atoms with van der Waals surface area (Å²) in [4.78, 5) is 40.3. The quantitative estimate of drug-likeness (QED) is 0.254. The summed E-state index contributed by atoms with van der Waals surface area (Å²) in [6.45, 7) is 8.41. The number of aromatic nitrogens is 1. The number of carboxylic acids is 1. The Morgan fingerprint density at radius 3 is 2.42 bits per heavy atom. The number of carbonyl (C=O) groups excluding carboxylic acids is 1. The molecule has 1 aliphatic rings. The van der Waals surface area contributed by atoms with E-state index >= 15 is 0 Å². The summed E-state index contributed by atoms with van der Waals surface area (Å²) in [7, 11) is 0. The lowest BCUT2D eigenvalue weighted by molar-refractivity contribution is -0.150. The number of benzene rings is 3. The van der Waals surface area contributed by atoms with Crippen LogP contribution in [0.4, 0.5) is 0 Å². The van der Waals surface area contributed by atoms with Gasteiger partial charge in [0.2, 0.25) is 5.91 Å². The number of oxazole rings is 1. The lowest BCUT2D eigenvalue weighted by Gasteiger charge is -2.28. The van der Waals surface area contributed by atoms with Gasteiger partial charge in [-0.3, -0.25) is 9.36 Å². The molecule has 9 nitrogen and oxygen atoms in total. The monoisotopic (exact) mass is 585 g/mol. The van der Waals surface area contributed by atoms with Crippen LogP contribution in [-0.4, -0.2) is 52.2 Å². The third-order valence-corrected chi connectivity index (χ3v) is 7.78. The van der Waals surface area contributed by atoms with Crippen LogP contribution in [0.5, 0.6) is 5.75 Å². The molecule has 43 heavy (non-hydrogen) atoms. The van der Waals surface area contributed by atoms with E-state index in [9.17, 15) is 19.5 Å². The van der Waals surface area contributed by atoms with E-state index in [1.165, 1.54) is 0 Å². The van der Waals surface area contributed by atoms with Gasteiger partial charge in [0.25, 0.3) is 0 Å². The summed E-state index contributed by atoms with van der Waals surface area (Å²) in [5.74, 6) is -1.18. The lowest BCUT2D eigenvalue weighted by atomic mass is 9.89. The smallest absolute Gasteiger partial charge is 0.420 e. The number of fused-ring (bicyclic) bond motifs is 1. The summed E-state index contributed by atoms with van der Waals surface area (Å²) in [6.07, 6.45) is 1.33. The molecule has 9 heteroatoms. The standard InChI is InChI=1S/C34H39N3O6/c1-34(2,3)31(32(39)40)42-26-13-9-12-25(20-26)27(22-36-16-7-8-17-36)35-30(38)19-24-14-15-29-28(18-24)37(33(41)43-29)21-23-10-5-4-6-11-23/h4-6,9-15,18,20,27,31H,7-8,16-17,19,21-22H2,1-3H3,(H,35,38)(H,39,40). The summed E-state index contributed by atoms with van der Waals surface area (Å²) in [5.41, 5.74) is 3.10. The fourth-order valence-corrected chi connectivity index (χ4v) is 5.56. The third kappa shape index (κ3) is 7.53. The van der Waals surface area contributed by atoms with Gasteiger partial charge in [0.05, 0.1) is 24.5 Å². The largest absolute Gasteiger partial charge is 0.478 e. The zero-order valence-electron chi connectivity index (χ0n) is 24.9. The Labute approximate surface area is 251 Å². The SMILES string of the molecule is CC(C)(C)C(Oc1cccc(C(CN2CCCC2)NC(=O)Cc2ccc3oc(=O)n(Cc4ccccc4)c3c2)c1)C(=O)O. The Bertz CT molecular complexity index is 1630. The van der Waals surface area contributed by atoms with Crippen molar-refractivity contribution >= 4 is 23.0 Å². The van der Waals surface area contributed by atoms with Gasteiger partial charge < -0.3 is 24.5 Å². The highest BCUT2D eigenvalue weighted by molar-refractivity contribution is 5.81. The Morgan fingerprint density at radius 1 is 0.977 bits per heavy atom. The van der Waals surface area contributed by atoms with E-state index in [1.807, 2.05) is 75.4 Å². The van der Waals surface area contributed by atoms with Gasteiger partial charge in [0.1, 0.15) is 5.75 Å². The van der Waals surface area contributed by atoms with Crippen LogP contribution in [0.1, 0.15) is 56.3 Å². The molecule has 2 heterocycles. The Kier molecular flexibility index (Phi) is 9.01. The van der Waals surface area contributed by atoms with E-state index in [4.69, 9.17) is 9.15 Å². The maximum absolute atomic E-state index is 13.4. The average Bonchev–Trinajstić information content (AvgIpc) is 3.59. The molecular weight excluding hydrogens is 546 g/mol. The molecule has 2 N–H and O–H groups in total. The van der Waals surface area contributed by atoms with Crippen molar-refractivity contribution in [2.75, 3.05) is 19.6 Å². The van der Waals surface area contributed by atoms with Crippen molar-refractivity contribution in [1.82, 2.24) is 14.8 Å². The van der Waals surface area contributed by atoms with Gasteiger partial charge in [-0.1, -0.05) is 69.3 Å². The third-order valence-electron chi connectivity index (χ3n) is 7.78. The molecule has 1 amide bonds. The molecule has 0 bridgehead atoms. The first-order chi connectivity index (χ1) is 20.6. The molecule has 0 spiro atoms. The molecular formula is C34H39N3O6. The number of carbonyl (C=O) groups is 2. The van der Waals surface area contributed by atoms with Gasteiger partial charge in [-0.15, -0.1) is 0 Å². The molecule has 0 radical (unpaired) electrons. The van der Waals surface area contributed by atoms with Gasteiger partial charge in [-0.2, -0.15) is 0 Å². The van der Waals surface area contributed by atoms with Crippen LogP contribution in [-0.2, 0) is 22.6 Å². The van der Waals surface area contributed by atoms with Crippen molar-refractivity contribution in [2.24, 2.45) is 5.41 Å². The second kappa shape index (κ2) is 12.9. The lowest BCUT2D eigenvalue weighted by Crippen LogP contribution is -2.39. The Hall–Kier alpha value is -4.37. The molecule has 5 rings (SSSR count).